The fourth-order valence-electron chi connectivity index (χ4n) is 2.90. The highest BCUT2D eigenvalue weighted by atomic mass is 79.9. The summed E-state index contributed by atoms with van der Waals surface area (Å²) in [6, 6.07) is 14.7. The first-order valence-corrected chi connectivity index (χ1v) is 8.49. The average Bonchev–Trinajstić information content (AvgIpc) is 2.97. The fraction of sp³-hybridized carbons (Fsp3) is 0.294. The molecule has 1 saturated heterocycles. The number of benzene rings is 1. The summed E-state index contributed by atoms with van der Waals surface area (Å²) in [4.78, 5) is 6.77. The van der Waals surface area contributed by atoms with Gasteiger partial charge in [-0.3, -0.25) is 4.90 Å². The Labute approximate surface area is 143 Å². The van der Waals surface area contributed by atoms with Crippen LogP contribution in [-0.2, 0) is 11.3 Å². The van der Waals surface area contributed by atoms with Crippen LogP contribution in [0.2, 0.25) is 0 Å². The second-order valence-electron chi connectivity index (χ2n) is 5.65. The third-order valence-electron chi connectivity index (χ3n) is 4.09. The van der Waals surface area contributed by atoms with Gasteiger partial charge in [0.05, 0.1) is 18.9 Å². The number of hydrogen-bond acceptors (Lipinski definition) is 4. The molecule has 23 heavy (non-hydrogen) atoms. The van der Waals surface area contributed by atoms with Gasteiger partial charge in [0.1, 0.15) is 0 Å². The maximum Gasteiger partial charge on any atom is 0.218 e. The lowest BCUT2D eigenvalue weighted by Crippen LogP contribution is -2.35. The zero-order valence-electron chi connectivity index (χ0n) is 12.7. The van der Waals surface area contributed by atoms with Crippen LogP contribution in [0.1, 0.15) is 5.56 Å². The van der Waals surface area contributed by atoms with Crippen LogP contribution in [-0.4, -0.2) is 45.8 Å². The minimum Gasteiger partial charge on any atom is -0.379 e. The van der Waals surface area contributed by atoms with E-state index in [2.05, 4.69) is 61.2 Å². The number of pyridine rings is 1. The predicted octanol–water partition coefficient (Wildman–Crippen LogP) is 2.99. The topological polar surface area (TPSA) is 42.7 Å². The van der Waals surface area contributed by atoms with Crippen LogP contribution in [0.4, 0.5) is 0 Å². The summed E-state index contributed by atoms with van der Waals surface area (Å²) in [6.07, 6.45) is 0. The third-order valence-corrected chi connectivity index (χ3v) is 4.43. The van der Waals surface area contributed by atoms with Crippen molar-refractivity contribution in [1.29, 1.82) is 0 Å². The minimum absolute atomic E-state index is 0.605. The zero-order chi connectivity index (χ0) is 15.6. The summed E-state index contributed by atoms with van der Waals surface area (Å²) < 4.78 is 7.86. The molecule has 1 aliphatic rings. The van der Waals surface area contributed by atoms with Crippen molar-refractivity contribution >= 4 is 21.6 Å². The van der Waals surface area contributed by atoms with Crippen molar-refractivity contribution in [3.05, 3.63) is 52.8 Å². The van der Waals surface area contributed by atoms with Gasteiger partial charge in [-0.25, -0.2) is 9.50 Å². The Bertz CT molecular complexity index is 809. The van der Waals surface area contributed by atoms with Crippen molar-refractivity contribution in [2.45, 2.75) is 6.54 Å². The SMILES string of the molecule is Brc1nc2cccc(-c3ccc(CN4CCOCC4)cc3)n2n1. The first-order chi connectivity index (χ1) is 11.3. The molecule has 0 radical (unpaired) electrons. The van der Waals surface area contributed by atoms with Crippen molar-refractivity contribution in [2.75, 3.05) is 26.3 Å². The third kappa shape index (κ3) is 3.15. The van der Waals surface area contributed by atoms with Crippen molar-refractivity contribution in [1.82, 2.24) is 19.5 Å². The summed E-state index contributed by atoms with van der Waals surface area (Å²) in [5.74, 6) is 0. The Morgan fingerprint density at radius 2 is 1.83 bits per heavy atom. The number of fused-ring (bicyclic) bond motifs is 1. The molecular weight excluding hydrogens is 356 g/mol. The molecule has 1 fully saturated rings. The minimum atomic E-state index is 0.605. The molecule has 0 N–H and O–H groups in total. The lowest BCUT2D eigenvalue weighted by molar-refractivity contribution is 0.0342. The van der Waals surface area contributed by atoms with Gasteiger partial charge in [-0.2, -0.15) is 0 Å². The van der Waals surface area contributed by atoms with E-state index in [1.54, 1.807) is 0 Å². The molecule has 3 aromatic rings. The lowest BCUT2D eigenvalue weighted by atomic mass is 10.1. The first kappa shape index (κ1) is 14.8. The predicted molar refractivity (Wildman–Crippen MR) is 92.2 cm³/mol. The molecule has 5 nitrogen and oxygen atoms in total. The molecule has 2 aromatic heterocycles. The maximum absolute atomic E-state index is 5.40. The van der Waals surface area contributed by atoms with Gasteiger partial charge >= 0.3 is 0 Å². The van der Waals surface area contributed by atoms with E-state index in [4.69, 9.17) is 4.74 Å². The van der Waals surface area contributed by atoms with Crippen molar-refractivity contribution < 1.29 is 4.74 Å². The molecule has 0 unspecified atom stereocenters. The Balaban J connectivity index is 1.59. The molecule has 0 atom stereocenters. The van der Waals surface area contributed by atoms with Gasteiger partial charge in [-0.05, 0) is 33.6 Å². The van der Waals surface area contributed by atoms with Gasteiger partial charge in [0.25, 0.3) is 0 Å². The van der Waals surface area contributed by atoms with Crippen molar-refractivity contribution in [3.63, 3.8) is 0 Å². The van der Waals surface area contributed by atoms with Gasteiger partial charge in [0.2, 0.25) is 4.73 Å². The molecule has 4 rings (SSSR count). The van der Waals surface area contributed by atoms with E-state index in [0.717, 1.165) is 49.8 Å². The van der Waals surface area contributed by atoms with Gasteiger partial charge in [0.15, 0.2) is 5.65 Å². The van der Waals surface area contributed by atoms with Crippen molar-refractivity contribution in [2.24, 2.45) is 0 Å². The number of hydrogen-bond donors (Lipinski definition) is 0. The number of aromatic nitrogens is 3. The van der Waals surface area contributed by atoms with Crippen LogP contribution in [0.5, 0.6) is 0 Å². The number of halogens is 1. The van der Waals surface area contributed by atoms with Crippen LogP contribution >= 0.6 is 15.9 Å². The highest BCUT2D eigenvalue weighted by Crippen LogP contribution is 2.22. The van der Waals surface area contributed by atoms with E-state index in [1.165, 1.54) is 5.56 Å². The number of rotatable bonds is 3. The molecule has 0 bridgehead atoms. The smallest absolute Gasteiger partial charge is 0.218 e. The zero-order valence-corrected chi connectivity index (χ0v) is 14.2. The quantitative estimate of drug-likeness (QED) is 0.708. The molecule has 1 aliphatic heterocycles. The maximum atomic E-state index is 5.40. The largest absolute Gasteiger partial charge is 0.379 e. The monoisotopic (exact) mass is 372 g/mol. The Morgan fingerprint density at radius 1 is 1.04 bits per heavy atom. The highest BCUT2D eigenvalue weighted by Gasteiger charge is 2.11. The van der Waals surface area contributed by atoms with E-state index in [-0.39, 0.29) is 0 Å². The standard InChI is InChI=1S/C17H17BrN4O/c18-17-19-16-3-1-2-15(22(16)20-17)14-6-4-13(5-7-14)12-21-8-10-23-11-9-21/h1-7H,8-12H2. The average molecular weight is 373 g/mol. The lowest BCUT2D eigenvalue weighted by Gasteiger charge is -2.26. The van der Waals surface area contributed by atoms with E-state index in [9.17, 15) is 0 Å². The summed E-state index contributed by atoms with van der Waals surface area (Å²) in [5.41, 5.74) is 4.34. The van der Waals surface area contributed by atoms with Gasteiger partial charge in [0, 0.05) is 25.2 Å². The fourth-order valence-corrected chi connectivity index (χ4v) is 3.24. The Hall–Kier alpha value is -1.76. The van der Waals surface area contributed by atoms with E-state index in [0.29, 0.717) is 4.73 Å². The van der Waals surface area contributed by atoms with Gasteiger partial charge < -0.3 is 4.74 Å². The van der Waals surface area contributed by atoms with Crippen LogP contribution in [0.25, 0.3) is 16.9 Å². The molecule has 0 amide bonds. The summed E-state index contributed by atoms with van der Waals surface area (Å²) in [7, 11) is 0. The number of ether oxygens (including phenoxy) is 1. The molecule has 0 aliphatic carbocycles. The molecule has 118 valence electrons. The molecular formula is C17H17BrN4O. The number of morpholine rings is 1. The molecule has 0 saturated carbocycles. The van der Waals surface area contributed by atoms with E-state index < -0.39 is 0 Å². The Morgan fingerprint density at radius 3 is 2.61 bits per heavy atom. The van der Waals surface area contributed by atoms with Crippen LogP contribution in [0, 0.1) is 0 Å². The molecule has 1 aromatic carbocycles. The van der Waals surface area contributed by atoms with Gasteiger partial charge in [-0.1, -0.05) is 30.3 Å². The summed E-state index contributed by atoms with van der Waals surface area (Å²) in [5, 5.41) is 4.41. The molecule has 0 spiro atoms. The van der Waals surface area contributed by atoms with Crippen LogP contribution in [0.3, 0.4) is 0 Å². The van der Waals surface area contributed by atoms with Gasteiger partial charge in [-0.15, -0.1) is 5.10 Å². The van der Waals surface area contributed by atoms with Crippen molar-refractivity contribution in [3.8, 4) is 11.3 Å². The van der Waals surface area contributed by atoms with Crippen LogP contribution in [0.15, 0.2) is 47.2 Å². The van der Waals surface area contributed by atoms with E-state index in [1.807, 2.05) is 16.6 Å². The van der Waals surface area contributed by atoms with Crippen LogP contribution < -0.4 is 0 Å². The first-order valence-electron chi connectivity index (χ1n) is 7.70. The molecule has 6 heteroatoms. The number of nitrogens with zero attached hydrogens (tertiary/aromatic N) is 4. The Kier molecular flexibility index (Phi) is 4.11. The summed E-state index contributed by atoms with van der Waals surface area (Å²) >= 11 is 3.34. The summed E-state index contributed by atoms with van der Waals surface area (Å²) in [6.45, 7) is 4.66. The highest BCUT2D eigenvalue weighted by molar-refractivity contribution is 9.10. The second kappa shape index (κ2) is 6.39. The second-order valence-corrected chi connectivity index (χ2v) is 6.36. The van der Waals surface area contributed by atoms with E-state index >= 15 is 0 Å². The molecule has 3 heterocycles. The normalized spacial score (nSPS) is 16.0.